The highest BCUT2D eigenvalue weighted by Gasteiger charge is 2.48. The number of carbonyl (C=O) groups is 1. The summed E-state index contributed by atoms with van der Waals surface area (Å²) in [5.74, 6) is 0. The average molecular weight is 381 g/mol. The Morgan fingerprint density at radius 1 is 0.722 bits per heavy atom. The second-order valence-corrected chi connectivity index (χ2v) is 9.03. The lowest BCUT2D eigenvalue weighted by Crippen LogP contribution is -2.46. The highest BCUT2D eigenvalue weighted by atomic mass is 35.6. The molecule has 0 amide bonds. The van der Waals surface area contributed by atoms with Crippen molar-refractivity contribution >= 4 is 75.8 Å². The lowest BCUT2D eigenvalue weighted by atomic mass is 10.2. The van der Waals surface area contributed by atoms with Gasteiger partial charge in [-0.25, -0.2) is 4.79 Å². The molecule has 0 aromatic rings. The summed E-state index contributed by atoms with van der Waals surface area (Å²) >= 11 is 33.9. The lowest BCUT2D eigenvalue weighted by molar-refractivity contribution is -0.0563. The highest BCUT2D eigenvalue weighted by Crippen LogP contribution is 2.43. The van der Waals surface area contributed by atoms with Crippen LogP contribution in [0.25, 0.3) is 0 Å². The zero-order chi connectivity index (χ0) is 15.0. The minimum Gasteiger partial charge on any atom is -0.424 e. The fourth-order valence-corrected chi connectivity index (χ4v) is 0.785. The first kappa shape index (κ1) is 19.0. The quantitative estimate of drug-likeness (QED) is 0.472. The van der Waals surface area contributed by atoms with Gasteiger partial charge in [-0.3, -0.25) is 0 Å². The van der Waals surface area contributed by atoms with Crippen molar-refractivity contribution in [3.63, 3.8) is 0 Å². The molecule has 0 aromatic heterocycles. The van der Waals surface area contributed by atoms with Crippen LogP contribution in [0.3, 0.4) is 0 Å². The Labute approximate surface area is 136 Å². The third-order valence-corrected chi connectivity index (χ3v) is 4.77. The summed E-state index contributed by atoms with van der Waals surface area (Å²) in [7, 11) is 0. The van der Waals surface area contributed by atoms with Crippen molar-refractivity contribution < 1.29 is 14.3 Å². The molecule has 108 valence electrons. The topological polar surface area (TPSA) is 35.5 Å². The van der Waals surface area contributed by atoms with Crippen molar-refractivity contribution in [2.75, 3.05) is 0 Å². The molecule has 0 radical (unpaired) electrons. The van der Waals surface area contributed by atoms with Crippen molar-refractivity contribution in [2.45, 2.75) is 46.5 Å². The largest absolute Gasteiger partial charge is 0.509 e. The maximum Gasteiger partial charge on any atom is 0.509 e. The van der Waals surface area contributed by atoms with Crippen LogP contribution in [0.5, 0.6) is 0 Å². The molecule has 0 aliphatic carbocycles. The van der Waals surface area contributed by atoms with Gasteiger partial charge in [-0.15, -0.1) is 0 Å². The van der Waals surface area contributed by atoms with E-state index in [9.17, 15) is 4.79 Å². The number of rotatable bonds is 2. The van der Waals surface area contributed by atoms with Gasteiger partial charge in [0.05, 0.1) is 0 Å². The average Bonchev–Trinajstić information content (AvgIpc) is 1.95. The Balaban J connectivity index is 4.75. The molecule has 9 heteroatoms. The van der Waals surface area contributed by atoms with E-state index >= 15 is 0 Å². The van der Waals surface area contributed by atoms with Gasteiger partial charge in [0, 0.05) is 0 Å². The van der Waals surface area contributed by atoms with Crippen LogP contribution in [0, 0.1) is 0 Å². The van der Waals surface area contributed by atoms with Crippen LogP contribution in [0.4, 0.5) is 4.79 Å². The standard InChI is InChI=1S/C9H12Cl6O3/c1-6(2,8(10,11)12)17-5(16)18-7(3,4)9(13,14)15/h1-4H3. The Hall–Kier alpha value is 1.01. The first-order valence-corrected chi connectivity index (χ1v) is 6.92. The van der Waals surface area contributed by atoms with Crippen LogP contribution in [0.2, 0.25) is 0 Å². The van der Waals surface area contributed by atoms with Gasteiger partial charge in [-0.1, -0.05) is 69.6 Å². The normalized spacial score (nSPS) is 14.3. The van der Waals surface area contributed by atoms with E-state index in [0.29, 0.717) is 0 Å². The number of alkyl halides is 6. The molecule has 0 spiro atoms. The fraction of sp³-hybridized carbons (Fsp3) is 0.889. The number of hydrogen-bond acceptors (Lipinski definition) is 3. The Morgan fingerprint density at radius 2 is 0.944 bits per heavy atom. The van der Waals surface area contributed by atoms with E-state index < -0.39 is 24.9 Å². The van der Waals surface area contributed by atoms with Crippen molar-refractivity contribution in [3.8, 4) is 0 Å². The smallest absolute Gasteiger partial charge is 0.424 e. The molecule has 0 aliphatic heterocycles. The predicted octanol–water partition coefficient (Wildman–Crippen LogP) is 5.44. The summed E-state index contributed by atoms with van der Waals surface area (Å²) in [5, 5.41) is 0. The Bertz CT molecular complexity index is 285. The van der Waals surface area contributed by atoms with Gasteiger partial charge >= 0.3 is 6.16 Å². The lowest BCUT2D eigenvalue weighted by Gasteiger charge is -2.35. The zero-order valence-corrected chi connectivity index (χ0v) is 14.5. The molecule has 18 heavy (non-hydrogen) atoms. The third kappa shape index (κ3) is 5.18. The molecule has 0 N–H and O–H groups in total. The van der Waals surface area contributed by atoms with Crippen LogP contribution in [0.1, 0.15) is 27.7 Å². The first-order chi connectivity index (χ1) is 7.60. The van der Waals surface area contributed by atoms with E-state index in [-0.39, 0.29) is 0 Å². The minimum absolute atomic E-state index is 1.11. The SMILES string of the molecule is CC(C)(OC(=O)OC(C)(C)C(Cl)(Cl)Cl)C(Cl)(Cl)Cl. The molecule has 0 fully saturated rings. The summed E-state index contributed by atoms with van der Waals surface area (Å²) in [4.78, 5) is 11.6. The van der Waals surface area contributed by atoms with Crippen LogP contribution >= 0.6 is 69.6 Å². The molecule has 0 aliphatic rings. The Kier molecular flexibility index (Phi) is 6.11. The summed E-state index contributed by atoms with van der Waals surface area (Å²) in [6.45, 7) is 5.63. The summed E-state index contributed by atoms with van der Waals surface area (Å²) in [6, 6.07) is 0. The van der Waals surface area contributed by atoms with E-state index in [1.807, 2.05) is 0 Å². The third-order valence-electron chi connectivity index (χ3n) is 2.04. The number of carbonyl (C=O) groups excluding carboxylic acids is 1. The first-order valence-electron chi connectivity index (χ1n) is 4.65. The summed E-state index contributed by atoms with van der Waals surface area (Å²) in [5.41, 5.74) is -2.81. The van der Waals surface area contributed by atoms with Gasteiger partial charge in [0.15, 0.2) is 11.2 Å². The van der Waals surface area contributed by atoms with Crippen LogP contribution in [0.15, 0.2) is 0 Å². The summed E-state index contributed by atoms with van der Waals surface area (Å²) in [6.07, 6.45) is -1.11. The van der Waals surface area contributed by atoms with Crippen LogP contribution in [-0.4, -0.2) is 24.9 Å². The second-order valence-electron chi connectivity index (χ2n) is 4.47. The molecule has 0 saturated heterocycles. The number of ether oxygens (including phenoxy) is 2. The number of halogens is 6. The maximum atomic E-state index is 11.6. The van der Waals surface area contributed by atoms with E-state index in [4.69, 9.17) is 79.1 Å². The van der Waals surface area contributed by atoms with Crippen LogP contribution < -0.4 is 0 Å². The van der Waals surface area contributed by atoms with Gasteiger partial charge in [0.1, 0.15) is 0 Å². The van der Waals surface area contributed by atoms with Crippen LogP contribution in [-0.2, 0) is 9.47 Å². The van der Waals surface area contributed by atoms with Gasteiger partial charge < -0.3 is 9.47 Å². The van der Waals surface area contributed by atoms with Crippen molar-refractivity contribution in [1.82, 2.24) is 0 Å². The maximum absolute atomic E-state index is 11.6. The van der Waals surface area contributed by atoms with E-state index in [1.54, 1.807) is 0 Å². The minimum atomic E-state index is -1.82. The molecule has 0 bridgehead atoms. The number of hydrogen-bond donors (Lipinski definition) is 0. The molecule has 0 aromatic carbocycles. The molecule has 0 atom stereocenters. The Morgan fingerprint density at radius 3 is 1.11 bits per heavy atom. The van der Waals surface area contributed by atoms with Crippen molar-refractivity contribution in [1.29, 1.82) is 0 Å². The van der Waals surface area contributed by atoms with Gasteiger partial charge in [0.25, 0.3) is 0 Å². The molecule has 3 nitrogen and oxygen atoms in total. The second kappa shape index (κ2) is 5.79. The van der Waals surface area contributed by atoms with Gasteiger partial charge in [0.2, 0.25) is 7.59 Å². The van der Waals surface area contributed by atoms with E-state index in [1.165, 1.54) is 27.7 Å². The molecule has 0 saturated carbocycles. The molecule has 0 rings (SSSR count). The van der Waals surface area contributed by atoms with Gasteiger partial charge in [-0.05, 0) is 27.7 Å². The van der Waals surface area contributed by atoms with E-state index in [2.05, 4.69) is 0 Å². The molecular weight excluding hydrogens is 369 g/mol. The zero-order valence-electron chi connectivity index (χ0n) is 9.99. The van der Waals surface area contributed by atoms with Crippen molar-refractivity contribution in [2.24, 2.45) is 0 Å². The molecule has 0 heterocycles. The monoisotopic (exact) mass is 378 g/mol. The molecular formula is C9H12Cl6O3. The molecule has 0 unspecified atom stereocenters. The van der Waals surface area contributed by atoms with E-state index in [0.717, 1.165) is 0 Å². The van der Waals surface area contributed by atoms with Gasteiger partial charge in [-0.2, -0.15) is 0 Å². The van der Waals surface area contributed by atoms with Crippen molar-refractivity contribution in [3.05, 3.63) is 0 Å². The fourth-order valence-electron chi connectivity index (χ4n) is 0.553. The highest BCUT2D eigenvalue weighted by molar-refractivity contribution is 6.69. The summed E-state index contributed by atoms with van der Waals surface area (Å²) < 4.78 is 6.15. The predicted molar refractivity (Wildman–Crippen MR) is 76.3 cm³/mol.